The molecule has 2 unspecified atom stereocenters. The van der Waals surface area contributed by atoms with Crippen LogP contribution in [0.3, 0.4) is 0 Å². The van der Waals surface area contributed by atoms with E-state index < -0.39 is 0 Å². The van der Waals surface area contributed by atoms with Gasteiger partial charge in [0.05, 0.1) is 6.10 Å². The van der Waals surface area contributed by atoms with Crippen molar-refractivity contribution in [1.29, 1.82) is 0 Å². The van der Waals surface area contributed by atoms with Crippen LogP contribution in [-0.4, -0.2) is 19.3 Å². The van der Waals surface area contributed by atoms with E-state index in [0.717, 1.165) is 38.8 Å². The number of ether oxygens (including phenoxy) is 1. The summed E-state index contributed by atoms with van der Waals surface area (Å²) in [5.41, 5.74) is 0.776. The van der Waals surface area contributed by atoms with E-state index in [1.165, 1.54) is 18.6 Å². The van der Waals surface area contributed by atoms with Crippen molar-refractivity contribution in [2.24, 2.45) is 0 Å². The summed E-state index contributed by atoms with van der Waals surface area (Å²) in [5.74, 6) is -0.673. The minimum Gasteiger partial charge on any atom is -0.378 e. The van der Waals surface area contributed by atoms with Gasteiger partial charge in [-0.1, -0.05) is 6.92 Å². The Morgan fingerprint density at radius 2 is 2.10 bits per heavy atom. The zero-order valence-electron chi connectivity index (χ0n) is 12.9. The first kappa shape index (κ1) is 16.4. The van der Waals surface area contributed by atoms with Gasteiger partial charge in [0.15, 0.2) is 0 Å². The fraction of sp³-hybridized carbons (Fsp3) is 0.647. The highest BCUT2D eigenvalue weighted by Gasteiger charge is 2.20. The number of benzene rings is 1. The Bertz CT molecular complexity index is 458. The highest BCUT2D eigenvalue weighted by atomic mass is 19.1. The molecule has 0 bridgehead atoms. The molecule has 0 radical (unpaired) electrons. The molecule has 0 spiro atoms. The molecule has 4 heteroatoms. The van der Waals surface area contributed by atoms with Gasteiger partial charge in [-0.15, -0.1) is 0 Å². The lowest BCUT2D eigenvalue weighted by molar-refractivity contribution is 0.00850. The third kappa shape index (κ3) is 4.48. The lowest BCUT2D eigenvalue weighted by atomic mass is 9.96. The summed E-state index contributed by atoms with van der Waals surface area (Å²) in [6.07, 6.45) is 5.31. The van der Waals surface area contributed by atoms with E-state index in [9.17, 15) is 8.78 Å². The number of hydrogen-bond donors (Lipinski definition) is 1. The Labute approximate surface area is 125 Å². The van der Waals surface area contributed by atoms with Crippen molar-refractivity contribution in [2.45, 2.75) is 58.1 Å². The highest BCUT2D eigenvalue weighted by Crippen LogP contribution is 2.27. The molecule has 0 aromatic heterocycles. The molecule has 1 N–H and O–H groups in total. The molecule has 2 rings (SSSR count). The largest absolute Gasteiger partial charge is 0.378 e. The monoisotopic (exact) mass is 297 g/mol. The molecular formula is C17H25F2NO. The maximum absolute atomic E-state index is 14.1. The fourth-order valence-electron chi connectivity index (χ4n) is 2.93. The smallest absolute Gasteiger partial charge is 0.128 e. The summed E-state index contributed by atoms with van der Waals surface area (Å²) in [6.45, 7) is 5.11. The molecule has 21 heavy (non-hydrogen) atoms. The summed E-state index contributed by atoms with van der Waals surface area (Å²) in [7, 11) is 0. The molecule has 0 amide bonds. The summed E-state index contributed by atoms with van der Waals surface area (Å²) in [5, 5.41) is 3.26. The van der Waals surface area contributed by atoms with Crippen molar-refractivity contribution < 1.29 is 13.5 Å². The third-order valence-electron chi connectivity index (χ3n) is 4.16. The molecule has 2 atom stereocenters. The second kappa shape index (κ2) is 7.85. The first-order valence-electron chi connectivity index (χ1n) is 7.92. The van der Waals surface area contributed by atoms with Crippen molar-refractivity contribution in [3.63, 3.8) is 0 Å². The number of aryl methyl sites for hydroxylation is 1. The maximum atomic E-state index is 14.1. The number of halogens is 2. The Morgan fingerprint density at radius 1 is 1.29 bits per heavy atom. The molecular weight excluding hydrogens is 272 g/mol. The van der Waals surface area contributed by atoms with Gasteiger partial charge in [-0.25, -0.2) is 8.78 Å². The van der Waals surface area contributed by atoms with Crippen molar-refractivity contribution in [1.82, 2.24) is 5.32 Å². The predicted molar refractivity (Wildman–Crippen MR) is 80.3 cm³/mol. The van der Waals surface area contributed by atoms with E-state index in [2.05, 4.69) is 5.32 Å². The lowest BCUT2D eigenvalue weighted by Gasteiger charge is -2.26. The summed E-state index contributed by atoms with van der Waals surface area (Å²) >= 11 is 0. The molecule has 1 fully saturated rings. The molecule has 1 aromatic carbocycles. The van der Waals surface area contributed by atoms with Gasteiger partial charge in [-0.3, -0.25) is 0 Å². The topological polar surface area (TPSA) is 21.3 Å². The quantitative estimate of drug-likeness (QED) is 0.846. The maximum Gasteiger partial charge on any atom is 0.128 e. The second-order valence-electron chi connectivity index (χ2n) is 5.80. The van der Waals surface area contributed by atoms with Crippen LogP contribution in [0.1, 0.15) is 56.2 Å². The number of hydrogen-bond acceptors (Lipinski definition) is 2. The van der Waals surface area contributed by atoms with E-state index in [1.807, 2.05) is 6.92 Å². The van der Waals surface area contributed by atoms with Crippen LogP contribution in [0.15, 0.2) is 12.1 Å². The zero-order chi connectivity index (χ0) is 15.2. The van der Waals surface area contributed by atoms with Gasteiger partial charge in [0.25, 0.3) is 0 Å². The molecule has 1 aromatic rings. The van der Waals surface area contributed by atoms with Gasteiger partial charge >= 0.3 is 0 Å². The molecule has 0 aliphatic carbocycles. The lowest BCUT2D eigenvalue weighted by Crippen LogP contribution is -2.25. The third-order valence-corrected chi connectivity index (χ3v) is 4.16. The van der Waals surface area contributed by atoms with E-state index in [0.29, 0.717) is 11.1 Å². The van der Waals surface area contributed by atoms with Gasteiger partial charge in [-0.05, 0) is 63.3 Å². The SMILES string of the molecule is CCNC(CCC1CCCCO1)c1cc(F)c(C)cc1F. The Hall–Kier alpha value is -1.00. The van der Waals surface area contributed by atoms with Crippen molar-refractivity contribution in [2.75, 3.05) is 13.2 Å². The van der Waals surface area contributed by atoms with Crippen LogP contribution < -0.4 is 5.32 Å². The van der Waals surface area contributed by atoms with Gasteiger partial charge in [0.1, 0.15) is 11.6 Å². The molecule has 118 valence electrons. The summed E-state index contributed by atoms with van der Waals surface area (Å²) in [6, 6.07) is 2.46. The first-order valence-corrected chi connectivity index (χ1v) is 7.92. The van der Waals surface area contributed by atoms with Gasteiger partial charge < -0.3 is 10.1 Å². The van der Waals surface area contributed by atoms with Gasteiger partial charge in [0, 0.05) is 18.2 Å². The van der Waals surface area contributed by atoms with E-state index in [4.69, 9.17) is 4.74 Å². The number of nitrogens with one attached hydrogen (secondary N) is 1. The minimum absolute atomic E-state index is 0.157. The van der Waals surface area contributed by atoms with Gasteiger partial charge in [0.2, 0.25) is 0 Å². The molecule has 1 aliphatic heterocycles. The van der Waals surface area contributed by atoms with Crippen LogP contribution in [0.4, 0.5) is 8.78 Å². The van der Waals surface area contributed by atoms with E-state index >= 15 is 0 Å². The van der Waals surface area contributed by atoms with Crippen molar-refractivity contribution in [3.05, 3.63) is 34.9 Å². The Morgan fingerprint density at radius 3 is 2.76 bits per heavy atom. The van der Waals surface area contributed by atoms with Crippen molar-refractivity contribution >= 4 is 0 Å². The predicted octanol–water partition coefficient (Wildman–Crippen LogP) is 4.27. The molecule has 2 nitrogen and oxygen atoms in total. The molecule has 1 saturated heterocycles. The average molecular weight is 297 g/mol. The van der Waals surface area contributed by atoms with Crippen LogP contribution in [0.25, 0.3) is 0 Å². The van der Waals surface area contributed by atoms with Gasteiger partial charge in [-0.2, -0.15) is 0 Å². The molecule has 1 aliphatic rings. The fourth-order valence-corrected chi connectivity index (χ4v) is 2.93. The normalized spacial score (nSPS) is 20.5. The standard InChI is InChI=1S/C17H25F2NO/c1-3-20-17(8-7-13-6-4-5-9-21-13)14-11-15(18)12(2)10-16(14)19/h10-11,13,17,20H,3-9H2,1-2H3. The van der Waals surface area contributed by atoms with Crippen LogP contribution in [0.2, 0.25) is 0 Å². The molecule has 1 heterocycles. The van der Waals surface area contributed by atoms with Crippen LogP contribution >= 0.6 is 0 Å². The Balaban J connectivity index is 2.05. The average Bonchev–Trinajstić information content (AvgIpc) is 2.48. The van der Waals surface area contributed by atoms with Crippen LogP contribution in [0, 0.1) is 18.6 Å². The summed E-state index contributed by atoms with van der Waals surface area (Å²) in [4.78, 5) is 0. The summed E-state index contributed by atoms with van der Waals surface area (Å²) < 4.78 is 33.6. The minimum atomic E-state index is -0.344. The van der Waals surface area contributed by atoms with Crippen molar-refractivity contribution in [3.8, 4) is 0 Å². The Kier molecular flexibility index (Phi) is 6.12. The van der Waals surface area contributed by atoms with Crippen LogP contribution in [-0.2, 0) is 4.74 Å². The highest BCUT2D eigenvalue weighted by molar-refractivity contribution is 5.27. The van der Waals surface area contributed by atoms with E-state index in [1.54, 1.807) is 6.92 Å². The molecule has 0 saturated carbocycles. The first-order chi connectivity index (χ1) is 10.1. The zero-order valence-corrected chi connectivity index (χ0v) is 12.9. The second-order valence-corrected chi connectivity index (χ2v) is 5.80. The van der Waals surface area contributed by atoms with E-state index in [-0.39, 0.29) is 23.8 Å². The van der Waals surface area contributed by atoms with Crippen LogP contribution in [0.5, 0.6) is 0 Å². The number of rotatable bonds is 6.